The summed E-state index contributed by atoms with van der Waals surface area (Å²) in [6.07, 6.45) is 8.82. The molecule has 0 heterocycles. The Balaban J connectivity index is 2.85. The van der Waals surface area contributed by atoms with Crippen LogP contribution in [0.25, 0.3) is 0 Å². The average Bonchev–Trinajstić information content (AvgIpc) is 3.34. The van der Waals surface area contributed by atoms with Crippen LogP contribution in [-0.2, 0) is 54.4 Å². The molecule has 0 aliphatic heterocycles. The van der Waals surface area contributed by atoms with Crippen molar-refractivity contribution >= 4 is 58.6 Å². The van der Waals surface area contributed by atoms with E-state index in [1.54, 1.807) is 0 Å². The second-order valence-electron chi connectivity index (χ2n) is 19.0. The number of carboxylic acids is 1. The van der Waals surface area contributed by atoms with Crippen molar-refractivity contribution in [3.8, 4) is 5.75 Å². The normalized spacial score (nSPS) is 14.5. The first-order valence-electron chi connectivity index (χ1n) is 25.7. The second-order valence-corrected chi connectivity index (χ2v) is 19.0. The Morgan fingerprint density at radius 3 is 1.56 bits per heavy atom. The fourth-order valence-corrected chi connectivity index (χ4v) is 8.11. The van der Waals surface area contributed by atoms with E-state index in [0.29, 0.717) is 12.0 Å². The Hall–Kier alpha value is -5.64. The summed E-state index contributed by atoms with van der Waals surface area (Å²) in [5.41, 5.74) is 0.407. The highest BCUT2D eigenvalue weighted by Crippen LogP contribution is 2.19. The molecule has 0 saturated carbocycles. The monoisotopic (exact) mass is 1030 g/mol. The van der Waals surface area contributed by atoms with Crippen LogP contribution in [0.4, 0.5) is 0 Å². The van der Waals surface area contributed by atoms with E-state index in [1.165, 1.54) is 96.0 Å². The molecule has 0 aromatic heterocycles. The molecule has 5 amide bonds. The first kappa shape index (κ1) is 65.4. The van der Waals surface area contributed by atoms with Crippen LogP contribution in [-0.4, -0.2) is 147 Å². The third kappa shape index (κ3) is 27.8. The van der Waals surface area contributed by atoms with Crippen molar-refractivity contribution in [2.24, 2.45) is 23.7 Å². The van der Waals surface area contributed by atoms with Gasteiger partial charge in [-0.25, -0.2) is 0 Å². The quantitative estimate of drug-likeness (QED) is 0.0417. The average molecular weight is 1030 g/mol. The molecular weight excluding hydrogens is 951 g/mol. The zero-order chi connectivity index (χ0) is 54.9. The van der Waals surface area contributed by atoms with E-state index in [2.05, 4.69) is 33.5 Å². The number of aliphatic carboxylic acids is 1. The van der Waals surface area contributed by atoms with E-state index in [4.69, 9.17) is 0 Å². The van der Waals surface area contributed by atoms with Crippen LogP contribution >= 0.6 is 0 Å². The number of carbonyl (C=O) groups excluding carboxylic acids is 9. The second kappa shape index (κ2) is 37.1. The number of amides is 5. The molecule has 8 atom stereocenters. The summed E-state index contributed by atoms with van der Waals surface area (Å²) in [7, 11) is 1.23. The molecule has 21 heteroatoms. The van der Waals surface area contributed by atoms with Crippen molar-refractivity contribution in [1.29, 1.82) is 0 Å². The number of ketones is 4. The molecule has 1 rings (SSSR count). The molecular formula is C52H83N5O16. The number of benzene rings is 1. The Morgan fingerprint density at radius 1 is 0.548 bits per heavy atom. The number of hydrogen-bond donors (Lipinski definition) is 11. The zero-order valence-electron chi connectivity index (χ0n) is 43.2. The van der Waals surface area contributed by atoms with Crippen LogP contribution in [0.1, 0.15) is 148 Å². The molecule has 11 N–H and O–H groups in total. The lowest BCUT2D eigenvalue weighted by molar-refractivity contribution is -0.142. The first-order valence-corrected chi connectivity index (χ1v) is 25.7. The lowest BCUT2D eigenvalue weighted by atomic mass is 9.91. The van der Waals surface area contributed by atoms with Crippen LogP contribution < -0.4 is 26.6 Å². The molecule has 0 aliphatic carbocycles. The van der Waals surface area contributed by atoms with Gasteiger partial charge >= 0.3 is 5.97 Å². The van der Waals surface area contributed by atoms with Gasteiger partial charge in [-0.2, -0.15) is 0 Å². The molecule has 0 spiro atoms. The van der Waals surface area contributed by atoms with Crippen molar-refractivity contribution < 1.29 is 78.6 Å². The number of Topliss-reactive ketones (excluding diaryl/α,β-unsaturated/α-hetero) is 4. The van der Waals surface area contributed by atoms with Crippen LogP contribution in [0.5, 0.6) is 5.75 Å². The van der Waals surface area contributed by atoms with E-state index >= 15 is 0 Å². The van der Waals surface area contributed by atoms with E-state index in [-0.39, 0.29) is 31.0 Å². The maximum Gasteiger partial charge on any atom is 0.304 e. The standard InChI is InChI=1S/C52H83N5O16/c1-5-6-7-8-9-10-11-12-13-14-15-16-17-18-46(67)54-29-40(63)24-37(31-58)50(71)55-30-41(64)28-42(33(2)60)52(73)56-43(23-35-19-21-39(62)22-20-35)44(65)26-38(32-59)51(72)57-48(34(3)61)45(66)25-36(27-47(68)69)49(70)53-4/h19-22,33-34,36-38,42-43,48,58-62H,5-18,23-32H2,1-4H3,(H,53,70)(H,54,67)(H,55,71)(H,56,73)(H,57,72)(H,68,69)/t33-,34-,36+,37+,38+,42+,43+,48+/m1/s1. The van der Waals surface area contributed by atoms with Gasteiger partial charge in [-0.05, 0) is 44.4 Å². The summed E-state index contributed by atoms with van der Waals surface area (Å²) in [5.74, 6) is -14.2. The minimum atomic E-state index is -1.68. The third-order valence-corrected chi connectivity index (χ3v) is 12.6. The Labute approximate surface area is 428 Å². The lowest BCUT2D eigenvalue weighted by Crippen LogP contribution is -2.52. The number of nitrogens with one attached hydrogen (secondary N) is 5. The fourth-order valence-electron chi connectivity index (χ4n) is 8.11. The minimum Gasteiger partial charge on any atom is -0.508 e. The van der Waals surface area contributed by atoms with E-state index in [9.17, 15) is 78.6 Å². The summed E-state index contributed by atoms with van der Waals surface area (Å²) in [6.45, 7) is 1.84. The molecule has 0 unspecified atom stereocenters. The maximum atomic E-state index is 13.9. The topological polar surface area (TPSA) is 352 Å². The van der Waals surface area contributed by atoms with E-state index < -0.39 is 153 Å². The van der Waals surface area contributed by atoms with Gasteiger partial charge in [0.25, 0.3) is 0 Å². The highest BCUT2D eigenvalue weighted by atomic mass is 16.4. The van der Waals surface area contributed by atoms with Crippen LogP contribution in [0, 0.1) is 23.7 Å². The lowest BCUT2D eigenvalue weighted by Gasteiger charge is -2.26. The number of phenols is 1. The predicted octanol–water partition coefficient (Wildman–Crippen LogP) is 1.89. The van der Waals surface area contributed by atoms with Crippen LogP contribution in [0.2, 0.25) is 0 Å². The maximum absolute atomic E-state index is 13.9. The van der Waals surface area contributed by atoms with Gasteiger partial charge in [-0.1, -0.05) is 96.1 Å². The summed E-state index contributed by atoms with van der Waals surface area (Å²) in [6, 6.07) is 2.35. The highest BCUT2D eigenvalue weighted by Gasteiger charge is 2.36. The molecule has 0 fully saturated rings. The van der Waals surface area contributed by atoms with Crippen LogP contribution in [0.3, 0.4) is 0 Å². The third-order valence-electron chi connectivity index (χ3n) is 12.6. The molecule has 0 bridgehead atoms. The van der Waals surface area contributed by atoms with Crippen LogP contribution in [0.15, 0.2) is 24.3 Å². The highest BCUT2D eigenvalue weighted by molar-refractivity contribution is 5.97. The molecule has 1 aromatic rings. The van der Waals surface area contributed by atoms with Gasteiger partial charge in [0.2, 0.25) is 29.5 Å². The van der Waals surface area contributed by atoms with Gasteiger partial charge in [-0.3, -0.25) is 47.9 Å². The summed E-state index contributed by atoms with van der Waals surface area (Å²) < 4.78 is 0. The van der Waals surface area contributed by atoms with Crippen molar-refractivity contribution in [1.82, 2.24) is 26.6 Å². The number of aliphatic hydroxyl groups is 4. The number of phenolic OH excluding ortho intramolecular Hbond substituents is 1. The Kier molecular flexibility index (Phi) is 33.3. The number of rotatable bonds is 42. The molecule has 21 nitrogen and oxygen atoms in total. The van der Waals surface area contributed by atoms with Gasteiger partial charge in [-0.15, -0.1) is 0 Å². The molecule has 73 heavy (non-hydrogen) atoms. The Morgan fingerprint density at radius 2 is 1.05 bits per heavy atom. The molecule has 1 aromatic carbocycles. The summed E-state index contributed by atoms with van der Waals surface area (Å²) in [4.78, 5) is 129. The van der Waals surface area contributed by atoms with Gasteiger partial charge < -0.3 is 57.2 Å². The largest absolute Gasteiger partial charge is 0.508 e. The number of carboxylic acid groups (broad SMARTS) is 1. The summed E-state index contributed by atoms with van der Waals surface area (Å²) >= 11 is 0. The fraction of sp³-hybridized carbons (Fsp3) is 0.692. The minimum absolute atomic E-state index is 0.116. The molecule has 0 saturated heterocycles. The first-order chi connectivity index (χ1) is 34.7. The van der Waals surface area contributed by atoms with Gasteiger partial charge in [0.15, 0.2) is 23.1 Å². The number of carbonyl (C=O) groups is 10. The van der Waals surface area contributed by atoms with E-state index in [0.717, 1.165) is 26.2 Å². The Bertz CT molecular complexity index is 1910. The molecule has 412 valence electrons. The van der Waals surface area contributed by atoms with Crippen molar-refractivity contribution in [2.75, 3.05) is 33.4 Å². The van der Waals surface area contributed by atoms with Gasteiger partial charge in [0.1, 0.15) is 11.8 Å². The van der Waals surface area contributed by atoms with E-state index in [1.807, 2.05) is 0 Å². The smallest absolute Gasteiger partial charge is 0.304 e. The van der Waals surface area contributed by atoms with Crippen molar-refractivity contribution in [2.45, 2.75) is 173 Å². The van der Waals surface area contributed by atoms with Crippen molar-refractivity contribution in [3.63, 3.8) is 0 Å². The SMILES string of the molecule is CCCCCCCCCCCCCCCC(=O)NCC(=O)C[C@@H](CO)C(=O)NCC(=O)C[C@H](C(=O)N[C@@H](Cc1ccc(O)cc1)C(=O)C[C@@H](CO)C(=O)N[C@H](C(=O)C[C@@H](CC(=O)O)C(=O)NC)[C@@H](C)O)[C@@H](C)O. The van der Waals surface area contributed by atoms with Crippen molar-refractivity contribution in [3.05, 3.63) is 29.8 Å². The zero-order valence-corrected chi connectivity index (χ0v) is 43.2. The number of aliphatic hydroxyl groups excluding tert-OH is 4. The van der Waals surface area contributed by atoms with Gasteiger partial charge in [0.05, 0.1) is 74.6 Å². The molecule has 0 aliphatic rings. The number of aromatic hydroxyl groups is 1. The number of hydrogen-bond acceptors (Lipinski definition) is 15. The number of unbranched alkanes of at least 4 members (excludes halogenated alkanes) is 12. The summed E-state index contributed by atoms with van der Waals surface area (Å²) in [5, 5.41) is 71.9. The molecule has 0 radical (unpaired) electrons. The predicted molar refractivity (Wildman–Crippen MR) is 268 cm³/mol. The van der Waals surface area contributed by atoms with Gasteiger partial charge in [0, 0.05) is 39.2 Å².